The van der Waals surface area contributed by atoms with Crippen LogP contribution in [-0.2, 0) is 15.0 Å². The Kier molecular flexibility index (Phi) is 5.54. The molecule has 0 bridgehead atoms. The normalized spacial score (nSPS) is 17.2. The summed E-state index contributed by atoms with van der Waals surface area (Å²) in [6.45, 7) is 4.36. The molecule has 1 N–H and O–H groups in total. The Hall–Kier alpha value is -2.76. The van der Waals surface area contributed by atoms with Crippen LogP contribution in [0.1, 0.15) is 43.9 Å². The molecule has 1 aromatic heterocycles. The molecule has 142 valence electrons. The van der Waals surface area contributed by atoms with E-state index in [1.54, 1.807) is 24.8 Å². The third-order valence-corrected chi connectivity index (χ3v) is 5.44. The first-order chi connectivity index (χ1) is 12.9. The number of piperidine rings is 1. The fourth-order valence-corrected chi connectivity index (χ4v) is 3.76. The summed E-state index contributed by atoms with van der Waals surface area (Å²) in [5.41, 5.74) is 0.598. The molecule has 1 fully saturated rings. The van der Waals surface area contributed by atoms with Crippen LogP contribution >= 0.6 is 0 Å². The fraction of sp³-hybridized carbons (Fsp3) is 0.381. The van der Waals surface area contributed by atoms with Gasteiger partial charge in [-0.2, -0.15) is 0 Å². The molecule has 1 aromatic carbocycles. The summed E-state index contributed by atoms with van der Waals surface area (Å²) >= 11 is 0. The van der Waals surface area contributed by atoms with Crippen molar-refractivity contribution >= 4 is 11.8 Å². The number of amides is 2. The van der Waals surface area contributed by atoms with Crippen molar-refractivity contribution in [3.63, 3.8) is 0 Å². The molecular formula is C21H24FN3O2. The first-order valence-electron chi connectivity index (χ1n) is 9.15. The lowest BCUT2D eigenvalue weighted by molar-refractivity contribution is -0.135. The molecule has 6 heteroatoms. The lowest BCUT2D eigenvalue weighted by Crippen LogP contribution is -2.52. The molecular weight excluding hydrogens is 345 g/mol. The molecule has 1 unspecified atom stereocenters. The van der Waals surface area contributed by atoms with Gasteiger partial charge in [-0.25, -0.2) is 4.39 Å². The summed E-state index contributed by atoms with van der Waals surface area (Å²) in [6, 6.07) is 10.7. The highest BCUT2D eigenvalue weighted by atomic mass is 19.1. The first kappa shape index (κ1) is 19.0. The van der Waals surface area contributed by atoms with Crippen molar-refractivity contribution in [2.24, 2.45) is 0 Å². The summed E-state index contributed by atoms with van der Waals surface area (Å²) in [5, 5.41) is 2.98. The van der Waals surface area contributed by atoms with E-state index in [2.05, 4.69) is 10.3 Å². The molecule has 0 radical (unpaired) electrons. The summed E-state index contributed by atoms with van der Waals surface area (Å²) in [6.07, 6.45) is 3.73. The Morgan fingerprint density at radius 1 is 1.19 bits per heavy atom. The van der Waals surface area contributed by atoms with Crippen LogP contribution in [0.3, 0.4) is 0 Å². The fourth-order valence-electron chi connectivity index (χ4n) is 3.76. The number of carbonyl (C=O) groups excluding carboxylic acids is 2. The van der Waals surface area contributed by atoms with Gasteiger partial charge in [0.15, 0.2) is 0 Å². The minimum absolute atomic E-state index is 0.0179. The number of rotatable bonds is 4. The van der Waals surface area contributed by atoms with Gasteiger partial charge in [0.1, 0.15) is 5.82 Å². The lowest BCUT2D eigenvalue weighted by atomic mass is 9.71. The molecule has 0 saturated carbocycles. The third kappa shape index (κ3) is 3.84. The van der Waals surface area contributed by atoms with Crippen molar-refractivity contribution in [1.29, 1.82) is 0 Å². The van der Waals surface area contributed by atoms with Gasteiger partial charge in [0.25, 0.3) is 0 Å². The van der Waals surface area contributed by atoms with E-state index in [4.69, 9.17) is 0 Å². The van der Waals surface area contributed by atoms with E-state index >= 15 is 0 Å². The van der Waals surface area contributed by atoms with E-state index in [1.165, 1.54) is 6.20 Å². The van der Waals surface area contributed by atoms with E-state index in [1.807, 2.05) is 30.3 Å². The van der Waals surface area contributed by atoms with Gasteiger partial charge in [0.05, 0.1) is 17.7 Å². The molecule has 1 atom stereocenters. The molecule has 1 aliphatic heterocycles. The van der Waals surface area contributed by atoms with Crippen LogP contribution < -0.4 is 5.32 Å². The second kappa shape index (κ2) is 7.86. The van der Waals surface area contributed by atoms with Crippen molar-refractivity contribution in [3.8, 4) is 0 Å². The zero-order chi connectivity index (χ0) is 19.4. The number of pyridine rings is 1. The number of aromatic nitrogens is 1. The zero-order valence-electron chi connectivity index (χ0n) is 15.6. The Morgan fingerprint density at radius 2 is 1.85 bits per heavy atom. The third-order valence-electron chi connectivity index (χ3n) is 5.44. The highest BCUT2D eigenvalue weighted by molar-refractivity contribution is 5.89. The van der Waals surface area contributed by atoms with E-state index in [9.17, 15) is 14.0 Å². The Bertz CT molecular complexity index is 817. The van der Waals surface area contributed by atoms with Crippen molar-refractivity contribution in [2.75, 3.05) is 13.1 Å². The molecule has 27 heavy (non-hydrogen) atoms. The molecule has 1 saturated heterocycles. The number of nitrogens with one attached hydrogen (secondary N) is 1. The number of likely N-dealkylation sites (tertiary alicyclic amines) is 1. The van der Waals surface area contributed by atoms with Gasteiger partial charge in [-0.05, 0) is 31.4 Å². The highest BCUT2D eigenvalue weighted by Gasteiger charge is 2.43. The summed E-state index contributed by atoms with van der Waals surface area (Å²) < 4.78 is 14.0. The number of carbonyl (C=O) groups is 2. The van der Waals surface area contributed by atoms with Crippen LogP contribution in [0.25, 0.3) is 0 Å². The highest BCUT2D eigenvalue weighted by Crippen LogP contribution is 2.36. The Balaban J connectivity index is 1.86. The van der Waals surface area contributed by atoms with Gasteiger partial charge in [0, 0.05) is 31.8 Å². The predicted octanol–water partition coefficient (Wildman–Crippen LogP) is 2.98. The molecule has 5 nitrogen and oxygen atoms in total. The van der Waals surface area contributed by atoms with Crippen LogP contribution in [0.4, 0.5) is 4.39 Å². The predicted molar refractivity (Wildman–Crippen MR) is 100 cm³/mol. The van der Waals surface area contributed by atoms with Gasteiger partial charge >= 0.3 is 0 Å². The first-order valence-corrected chi connectivity index (χ1v) is 9.15. The van der Waals surface area contributed by atoms with Crippen LogP contribution in [0.5, 0.6) is 0 Å². The number of nitrogens with zero attached hydrogens (tertiary/aromatic N) is 2. The van der Waals surface area contributed by atoms with Crippen LogP contribution in [0.15, 0.2) is 48.8 Å². The zero-order valence-corrected chi connectivity index (χ0v) is 15.6. The van der Waals surface area contributed by atoms with Gasteiger partial charge in [-0.1, -0.05) is 30.3 Å². The molecule has 2 aromatic rings. The maximum Gasteiger partial charge on any atom is 0.231 e. The molecule has 3 rings (SSSR count). The van der Waals surface area contributed by atoms with E-state index in [0.717, 1.165) is 11.8 Å². The summed E-state index contributed by atoms with van der Waals surface area (Å²) in [5.74, 6) is -0.560. The number of hydrogen-bond acceptors (Lipinski definition) is 3. The maximum atomic E-state index is 14.0. The summed E-state index contributed by atoms with van der Waals surface area (Å²) in [7, 11) is 0. The lowest BCUT2D eigenvalue weighted by Gasteiger charge is -2.41. The minimum atomic E-state index is -0.731. The smallest absolute Gasteiger partial charge is 0.231 e. The van der Waals surface area contributed by atoms with Gasteiger partial charge in [-0.3, -0.25) is 14.6 Å². The SMILES string of the molecule is CC(=O)N1CCC(C(=O)NC(C)c2ccncc2F)(c2ccccc2)CC1. The average Bonchev–Trinajstić information content (AvgIpc) is 2.68. The second-order valence-corrected chi connectivity index (χ2v) is 7.05. The molecule has 0 aliphatic carbocycles. The van der Waals surface area contributed by atoms with E-state index in [-0.39, 0.29) is 11.8 Å². The van der Waals surface area contributed by atoms with Gasteiger partial charge in [0.2, 0.25) is 11.8 Å². The number of hydrogen-bond donors (Lipinski definition) is 1. The average molecular weight is 369 g/mol. The molecule has 2 amide bonds. The Morgan fingerprint density at radius 3 is 2.44 bits per heavy atom. The summed E-state index contributed by atoms with van der Waals surface area (Å²) in [4.78, 5) is 30.6. The van der Waals surface area contributed by atoms with E-state index in [0.29, 0.717) is 31.5 Å². The van der Waals surface area contributed by atoms with Gasteiger partial charge < -0.3 is 10.2 Å². The Labute approximate surface area is 158 Å². The van der Waals surface area contributed by atoms with Crippen molar-refractivity contribution in [3.05, 3.63) is 65.7 Å². The monoisotopic (exact) mass is 369 g/mol. The molecule has 0 spiro atoms. The quantitative estimate of drug-likeness (QED) is 0.901. The minimum Gasteiger partial charge on any atom is -0.349 e. The number of benzene rings is 1. The van der Waals surface area contributed by atoms with Crippen molar-refractivity contribution in [1.82, 2.24) is 15.2 Å². The standard InChI is InChI=1S/C21H24FN3O2/c1-15(18-8-11-23-14-19(18)22)24-20(27)21(17-6-4-3-5-7-17)9-12-25(13-10-21)16(2)26/h3-8,11,14-15H,9-10,12-13H2,1-2H3,(H,24,27). The number of halogens is 1. The van der Waals surface area contributed by atoms with Crippen LogP contribution in [0.2, 0.25) is 0 Å². The van der Waals surface area contributed by atoms with Crippen LogP contribution in [0, 0.1) is 5.82 Å². The maximum absolute atomic E-state index is 14.0. The van der Waals surface area contributed by atoms with Gasteiger partial charge in [-0.15, -0.1) is 0 Å². The largest absolute Gasteiger partial charge is 0.349 e. The van der Waals surface area contributed by atoms with Crippen molar-refractivity contribution in [2.45, 2.75) is 38.1 Å². The molecule has 1 aliphatic rings. The second-order valence-electron chi connectivity index (χ2n) is 7.05. The van der Waals surface area contributed by atoms with Crippen molar-refractivity contribution < 1.29 is 14.0 Å². The molecule has 2 heterocycles. The topological polar surface area (TPSA) is 62.3 Å². The van der Waals surface area contributed by atoms with Crippen LogP contribution in [-0.4, -0.2) is 34.8 Å². The van der Waals surface area contributed by atoms with E-state index < -0.39 is 17.3 Å².